The molecule has 7 nitrogen and oxygen atoms in total. The Morgan fingerprint density at radius 3 is 2.79 bits per heavy atom. The van der Waals surface area contributed by atoms with E-state index in [2.05, 4.69) is 4.98 Å². The standard InChI is InChI=1S/C10H15ClN4O3S/c1-14-6-13-10(8(14)11)19(17,18)15-4-2-3-7(5-15)9(12)16/h6-7H,2-5H2,1H3,(H2,12,16). The van der Waals surface area contributed by atoms with Gasteiger partial charge in [0.1, 0.15) is 5.15 Å². The molecule has 1 saturated heterocycles. The van der Waals surface area contributed by atoms with Gasteiger partial charge >= 0.3 is 0 Å². The van der Waals surface area contributed by atoms with Gasteiger partial charge in [0.25, 0.3) is 10.0 Å². The first-order valence-electron chi connectivity index (χ1n) is 5.80. The average molecular weight is 307 g/mol. The molecular formula is C10H15ClN4O3S. The summed E-state index contributed by atoms with van der Waals surface area (Å²) >= 11 is 5.91. The zero-order valence-corrected chi connectivity index (χ0v) is 12.0. The minimum Gasteiger partial charge on any atom is -0.369 e. The minimum absolute atomic E-state index is 0.0567. The van der Waals surface area contributed by atoms with Crippen LogP contribution >= 0.6 is 11.6 Å². The van der Waals surface area contributed by atoms with Crippen LogP contribution in [0.15, 0.2) is 11.4 Å². The molecule has 1 aromatic heterocycles. The summed E-state index contributed by atoms with van der Waals surface area (Å²) in [6.07, 6.45) is 2.54. The van der Waals surface area contributed by atoms with Gasteiger partial charge < -0.3 is 10.3 Å². The molecule has 0 aromatic carbocycles. The molecule has 9 heteroatoms. The second kappa shape index (κ2) is 5.10. The Morgan fingerprint density at radius 1 is 1.58 bits per heavy atom. The first kappa shape index (κ1) is 14.3. The van der Waals surface area contributed by atoms with Crippen molar-refractivity contribution in [1.82, 2.24) is 13.9 Å². The number of sulfonamides is 1. The Hall–Kier alpha value is -1.12. The Kier molecular flexibility index (Phi) is 3.84. The molecule has 1 fully saturated rings. The summed E-state index contributed by atoms with van der Waals surface area (Å²) in [5.41, 5.74) is 5.24. The summed E-state index contributed by atoms with van der Waals surface area (Å²) in [6, 6.07) is 0. The van der Waals surface area contributed by atoms with Crippen molar-refractivity contribution in [3.8, 4) is 0 Å². The molecule has 106 valence electrons. The second-order valence-electron chi connectivity index (χ2n) is 4.56. The summed E-state index contributed by atoms with van der Waals surface area (Å²) in [7, 11) is -2.17. The predicted molar refractivity (Wildman–Crippen MR) is 68.9 cm³/mol. The number of nitrogens with two attached hydrogens (primary N) is 1. The lowest BCUT2D eigenvalue weighted by molar-refractivity contribution is -0.122. The van der Waals surface area contributed by atoms with Gasteiger partial charge in [0.15, 0.2) is 0 Å². The number of piperidine rings is 1. The molecule has 0 aliphatic carbocycles. The number of hydrogen-bond donors (Lipinski definition) is 1. The highest BCUT2D eigenvalue weighted by Gasteiger charge is 2.35. The topological polar surface area (TPSA) is 98.3 Å². The van der Waals surface area contributed by atoms with Crippen LogP contribution in [0.5, 0.6) is 0 Å². The van der Waals surface area contributed by atoms with Crippen molar-refractivity contribution in [3.05, 3.63) is 11.5 Å². The third-order valence-electron chi connectivity index (χ3n) is 3.21. The Balaban J connectivity index is 2.30. The zero-order valence-electron chi connectivity index (χ0n) is 10.4. The molecule has 1 aliphatic rings. The van der Waals surface area contributed by atoms with E-state index in [1.54, 1.807) is 7.05 Å². The van der Waals surface area contributed by atoms with Crippen molar-refractivity contribution >= 4 is 27.5 Å². The van der Waals surface area contributed by atoms with Gasteiger partial charge in [0.05, 0.1) is 12.2 Å². The van der Waals surface area contributed by atoms with Crippen LogP contribution < -0.4 is 5.73 Å². The van der Waals surface area contributed by atoms with E-state index in [0.29, 0.717) is 19.4 Å². The number of halogens is 1. The van der Waals surface area contributed by atoms with Gasteiger partial charge in [-0.3, -0.25) is 4.79 Å². The molecule has 2 N–H and O–H groups in total. The fourth-order valence-corrected chi connectivity index (χ4v) is 3.99. The van der Waals surface area contributed by atoms with Gasteiger partial charge in [0.2, 0.25) is 10.9 Å². The van der Waals surface area contributed by atoms with Crippen LogP contribution in [0.25, 0.3) is 0 Å². The summed E-state index contributed by atoms with van der Waals surface area (Å²) in [6.45, 7) is 0.434. The lowest BCUT2D eigenvalue weighted by Crippen LogP contribution is -2.44. The molecule has 2 heterocycles. The maximum absolute atomic E-state index is 12.4. The van der Waals surface area contributed by atoms with Crippen molar-refractivity contribution in [2.75, 3.05) is 13.1 Å². The van der Waals surface area contributed by atoms with Gasteiger partial charge in [-0.05, 0) is 12.8 Å². The highest BCUT2D eigenvalue weighted by atomic mass is 35.5. The Bertz CT molecular complexity index is 598. The van der Waals surface area contributed by atoms with Crippen molar-refractivity contribution in [2.45, 2.75) is 17.9 Å². The van der Waals surface area contributed by atoms with Crippen LogP contribution in [0.2, 0.25) is 5.15 Å². The quantitative estimate of drug-likeness (QED) is 0.847. The first-order valence-corrected chi connectivity index (χ1v) is 7.62. The number of aromatic nitrogens is 2. The second-order valence-corrected chi connectivity index (χ2v) is 6.77. The maximum Gasteiger partial charge on any atom is 0.263 e. The van der Waals surface area contributed by atoms with E-state index in [9.17, 15) is 13.2 Å². The van der Waals surface area contributed by atoms with Crippen LogP contribution in [-0.4, -0.2) is 41.3 Å². The molecule has 1 aliphatic heterocycles. The molecule has 1 unspecified atom stereocenters. The number of carbonyl (C=O) groups excluding carboxylic acids is 1. The number of rotatable bonds is 3. The van der Waals surface area contributed by atoms with Gasteiger partial charge in [-0.25, -0.2) is 13.4 Å². The van der Waals surface area contributed by atoms with E-state index in [-0.39, 0.29) is 16.7 Å². The summed E-state index contributed by atoms with van der Waals surface area (Å²) in [4.78, 5) is 15.0. The van der Waals surface area contributed by atoms with E-state index in [4.69, 9.17) is 17.3 Å². The third-order valence-corrected chi connectivity index (χ3v) is 5.56. The molecule has 1 atom stereocenters. The predicted octanol–water partition coefficient (Wildman–Crippen LogP) is -0.0405. The van der Waals surface area contributed by atoms with Crippen LogP contribution in [0, 0.1) is 5.92 Å². The van der Waals surface area contributed by atoms with Gasteiger partial charge in [-0.2, -0.15) is 4.31 Å². The highest BCUT2D eigenvalue weighted by Crippen LogP contribution is 2.26. The Labute approximate surface area is 116 Å². The fourth-order valence-electron chi connectivity index (χ4n) is 2.08. The van der Waals surface area contributed by atoms with Crippen LogP contribution in [-0.2, 0) is 21.9 Å². The SMILES string of the molecule is Cn1cnc(S(=O)(=O)N2CCCC(C(N)=O)C2)c1Cl. The van der Waals surface area contributed by atoms with Crippen molar-refractivity contribution in [1.29, 1.82) is 0 Å². The largest absolute Gasteiger partial charge is 0.369 e. The van der Waals surface area contributed by atoms with Gasteiger partial charge in [-0.15, -0.1) is 0 Å². The molecule has 0 radical (unpaired) electrons. The van der Waals surface area contributed by atoms with E-state index < -0.39 is 21.8 Å². The Morgan fingerprint density at radius 2 is 2.26 bits per heavy atom. The van der Waals surface area contributed by atoms with Gasteiger partial charge in [0, 0.05) is 20.1 Å². The number of carbonyl (C=O) groups is 1. The first-order chi connectivity index (χ1) is 8.84. The molecule has 0 saturated carbocycles. The average Bonchev–Trinajstić information content (AvgIpc) is 2.70. The summed E-state index contributed by atoms with van der Waals surface area (Å²) in [5.74, 6) is -0.932. The zero-order chi connectivity index (χ0) is 14.2. The molecular weight excluding hydrogens is 292 g/mol. The van der Waals surface area contributed by atoms with E-state index in [0.717, 1.165) is 0 Å². The minimum atomic E-state index is -3.78. The lowest BCUT2D eigenvalue weighted by Gasteiger charge is -2.29. The molecule has 1 amide bonds. The fraction of sp³-hybridized carbons (Fsp3) is 0.600. The van der Waals surface area contributed by atoms with Gasteiger partial charge in [-0.1, -0.05) is 11.6 Å². The molecule has 0 spiro atoms. The van der Waals surface area contributed by atoms with Crippen LogP contribution in [0.4, 0.5) is 0 Å². The summed E-state index contributed by atoms with van der Waals surface area (Å²) < 4.78 is 27.4. The smallest absolute Gasteiger partial charge is 0.263 e. The third kappa shape index (κ3) is 2.60. The van der Waals surface area contributed by atoms with E-state index >= 15 is 0 Å². The monoisotopic (exact) mass is 306 g/mol. The number of hydrogen-bond acceptors (Lipinski definition) is 4. The normalized spacial score (nSPS) is 21.5. The lowest BCUT2D eigenvalue weighted by atomic mass is 9.99. The summed E-state index contributed by atoms with van der Waals surface area (Å²) in [5, 5.41) is -0.122. The number of primary amides is 1. The number of amides is 1. The van der Waals surface area contributed by atoms with Crippen molar-refractivity contribution < 1.29 is 13.2 Å². The number of imidazole rings is 1. The van der Waals surface area contributed by atoms with E-state index in [1.807, 2.05) is 0 Å². The van der Waals surface area contributed by atoms with Crippen molar-refractivity contribution in [2.24, 2.45) is 18.7 Å². The number of nitrogens with zero attached hydrogens (tertiary/aromatic N) is 3. The number of aryl methyl sites for hydroxylation is 1. The van der Waals surface area contributed by atoms with Crippen LogP contribution in [0.1, 0.15) is 12.8 Å². The van der Waals surface area contributed by atoms with Crippen molar-refractivity contribution in [3.63, 3.8) is 0 Å². The highest BCUT2D eigenvalue weighted by molar-refractivity contribution is 7.89. The molecule has 0 bridgehead atoms. The maximum atomic E-state index is 12.4. The molecule has 1 aromatic rings. The molecule has 19 heavy (non-hydrogen) atoms. The molecule has 2 rings (SSSR count). The van der Waals surface area contributed by atoms with Crippen LogP contribution in [0.3, 0.4) is 0 Å². The van der Waals surface area contributed by atoms with E-state index in [1.165, 1.54) is 15.2 Å².